The molecule has 0 aromatic heterocycles. The molecule has 0 aliphatic rings. The quantitative estimate of drug-likeness (QED) is 0.737. The Kier molecular flexibility index (Phi) is 7.08. The molecular formula is C10H20F3NO2S. The Morgan fingerprint density at radius 1 is 1.24 bits per heavy atom. The first-order valence-electron chi connectivity index (χ1n) is 5.64. The van der Waals surface area contributed by atoms with Gasteiger partial charge in [0.25, 0.3) is 0 Å². The van der Waals surface area contributed by atoms with E-state index in [0.717, 1.165) is 0 Å². The van der Waals surface area contributed by atoms with Gasteiger partial charge in [-0.25, -0.2) is 8.42 Å². The van der Waals surface area contributed by atoms with Gasteiger partial charge in [0.05, 0.1) is 12.3 Å². The molecule has 0 aromatic carbocycles. The number of sulfone groups is 1. The summed E-state index contributed by atoms with van der Waals surface area (Å²) in [7, 11) is -3.03. The number of alkyl halides is 3. The van der Waals surface area contributed by atoms with Crippen molar-refractivity contribution >= 4 is 9.84 Å². The van der Waals surface area contributed by atoms with E-state index in [-0.39, 0.29) is 24.0 Å². The zero-order valence-corrected chi connectivity index (χ0v) is 11.0. The van der Waals surface area contributed by atoms with Gasteiger partial charge in [0.1, 0.15) is 9.84 Å². The van der Waals surface area contributed by atoms with Crippen molar-refractivity contribution in [1.82, 2.24) is 5.32 Å². The lowest BCUT2D eigenvalue weighted by atomic mass is 10.1. The molecule has 7 heteroatoms. The van der Waals surface area contributed by atoms with Crippen LogP contribution >= 0.6 is 0 Å². The van der Waals surface area contributed by atoms with Crippen LogP contribution in [0, 0.1) is 5.92 Å². The molecule has 17 heavy (non-hydrogen) atoms. The van der Waals surface area contributed by atoms with Crippen molar-refractivity contribution in [2.24, 2.45) is 5.92 Å². The maximum Gasteiger partial charge on any atom is 0.401 e. The number of rotatable bonds is 8. The summed E-state index contributed by atoms with van der Waals surface area (Å²) < 4.78 is 58.2. The first-order valence-corrected chi connectivity index (χ1v) is 7.46. The van der Waals surface area contributed by atoms with Gasteiger partial charge in [-0.1, -0.05) is 13.8 Å². The molecule has 3 nitrogen and oxygen atoms in total. The standard InChI is InChI=1S/C10H20F3NO2S/c1-3-5-17(15,16)6-4-9(2)7-14-8-10(11,12)13/h9,14H,3-8H2,1-2H3. The highest BCUT2D eigenvalue weighted by Gasteiger charge is 2.26. The fraction of sp³-hybridized carbons (Fsp3) is 1.00. The average molecular weight is 275 g/mol. The van der Waals surface area contributed by atoms with Gasteiger partial charge in [0.2, 0.25) is 0 Å². The summed E-state index contributed by atoms with van der Waals surface area (Å²) in [5.74, 6) is 0.120. The van der Waals surface area contributed by atoms with Gasteiger partial charge < -0.3 is 5.32 Å². The van der Waals surface area contributed by atoms with E-state index in [4.69, 9.17) is 0 Å². The Bertz CT molecular complexity index is 301. The maximum atomic E-state index is 11.8. The zero-order chi connectivity index (χ0) is 13.5. The van der Waals surface area contributed by atoms with E-state index in [9.17, 15) is 21.6 Å². The van der Waals surface area contributed by atoms with E-state index < -0.39 is 22.6 Å². The molecule has 0 saturated carbocycles. The van der Waals surface area contributed by atoms with Crippen molar-refractivity contribution in [2.45, 2.75) is 32.9 Å². The van der Waals surface area contributed by atoms with Crippen LogP contribution in [0.25, 0.3) is 0 Å². The molecule has 0 radical (unpaired) electrons. The lowest BCUT2D eigenvalue weighted by Gasteiger charge is -2.13. The second kappa shape index (κ2) is 7.20. The highest BCUT2D eigenvalue weighted by atomic mass is 32.2. The van der Waals surface area contributed by atoms with Gasteiger partial charge >= 0.3 is 6.18 Å². The number of halogens is 3. The van der Waals surface area contributed by atoms with Crippen LogP contribution in [-0.4, -0.2) is 39.2 Å². The second-order valence-corrected chi connectivity index (χ2v) is 6.60. The zero-order valence-electron chi connectivity index (χ0n) is 10.2. The fourth-order valence-electron chi connectivity index (χ4n) is 1.36. The first-order chi connectivity index (χ1) is 7.66. The molecule has 0 aromatic rings. The van der Waals surface area contributed by atoms with Crippen LogP contribution in [0.1, 0.15) is 26.7 Å². The summed E-state index contributed by atoms with van der Waals surface area (Å²) in [5, 5.41) is 2.27. The van der Waals surface area contributed by atoms with Gasteiger partial charge in [-0.15, -0.1) is 0 Å². The van der Waals surface area contributed by atoms with Crippen LogP contribution < -0.4 is 5.32 Å². The normalized spacial score (nSPS) is 14.9. The fourth-order valence-corrected chi connectivity index (χ4v) is 2.94. The third-order valence-corrected chi connectivity index (χ3v) is 4.14. The van der Waals surface area contributed by atoms with Gasteiger partial charge in [-0.3, -0.25) is 0 Å². The van der Waals surface area contributed by atoms with E-state index in [1.165, 1.54) is 0 Å². The molecule has 0 fully saturated rings. The van der Waals surface area contributed by atoms with Gasteiger partial charge in [-0.05, 0) is 25.3 Å². The van der Waals surface area contributed by atoms with Crippen molar-refractivity contribution in [3.8, 4) is 0 Å². The van der Waals surface area contributed by atoms with Crippen LogP contribution in [0.15, 0.2) is 0 Å². The summed E-state index contributed by atoms with van der Waals surface area (Å²) >= 11 is 0. The predicted octanol–water partition coefficient (Wildman–Crippen LogP) is 1.99. The second-order valence-electron chi connectivity index (χ2n) is 4.29. The highest BCUT2D eigenvalue weighted by molar-refractivity contribution is 7.91. The van der Waals surface area contributed by atoms with Crippen LogP contribution in [0.3, 0.4) is 0 Å². The molecule has 0 spiro atoms. The molecule has 0 amide bonds. The van der Waals surface area contributed by atoms with Crippen molar-refractivity contribution in [1.29, 1.82) is 0 Å². The molecule has 0 heterocycles. The van der Waals surface area contributed by atoms with Gasteiger partial charge in [0.15, 0.2) is 0 Å². The Morgan fingerprint density at radius 3 is 2.29 bits per heavy atom. The molecule has 0 aliphatic heterocycles. The summed E-state index contributed by atoms with van der Waals surface area (Å²) in [4.78, 5) is 0. The minimum absolute atomic E-state index is 0.0513. The van der Waals surface area contributed by atoms with E-state index >= 15 is 0 Å². The first kappa shape index (κ1) is 16.7. The van der Waals surface area contributed by atoms with Crippen molar-refractivity contribution in [2.75, 3.05) is 24.6 Å². The van der Waals surface area contributed by atoms with E-state index in [0.29, 0.717) is 12.8 Å². The molecule has 0 bridgehead atoms. The lowest BCUT2D eigenvalue weighted by molar-refractivity contribution is -0.125. The Balaban J connectivity index is 3.77. The van der Waals surface area contributed by atoms with Crippen molar-refractivity contribution in [3.63, 3.8) is 0 Å². The third kappa shape index (κ3) is 10.6. The molecule has 1 unspecified atom stereocenters. The maximum absolute atomic E-state index is 11.8. The molecular weight excluding hydrogens is 255 g/mol. The summed E-state index contributed by atoms with van der Waals surface area (Å²) in [6, 6.07) is 0. The van der Waals surface area contributed by atoms with Crippen LogP contribution in [0.4, 0.5) is 13.2 Å². The number of nitrogens with one attached hydrogen (secondary N) is 1. The molecule has 0 saturated heterocycles. The Hall–Kier alpha value is -0.300. The largest absolute Gasteiger partial charge is 0.401 e. The Labute approximate surface area is 101 Å². The summed E-state index contributed by atoms with van der Waals surface area (Å²) in [6.45, 7) is 2.68. The Morgan fingerprint density at radius 2 is 1.82 bits per heavy atom. The minimum atomic E-state index is -4.21. The topological polar surface area (TPSA) is 46.2 Å². The molecule has 104 valence electrons. The highest BCUT2D eigenvalue weighted by Crippen LogP contribution is 2.12. The monoisotopic (exact) mass is 275 g/mol. The van der Waals surface area contributed by atoms with E-state index in [1.54, 1.807) is 13.8 Å². The molecule has 1 N–H and O–H groups in total. The molecule has 0 rings (SSSR count). The number of hydrogen-bond acceptors (Lipinski definition) is 3. The summed E-state index contributed by atoms with van der Waals surface area (Å²) in [5.41, 5.74) is 0. The average Bonchev–Trinajstić information content (AvgIpc) is 2.13. The summed E-state index contributed by atoms with van der Waals surface area (Å²) in [6.07, 6.45) is -3.25. The van der Waals surface area contributed by atoms with Crippen LogP contribution in [0.5, 0.6) is 0 Å². The number of hydrogen-bond donors (Lipinski definition) is 1. The lowest BCUT2D eigenvalue weighted by Crippen LogP contribution is -2.32. The minimum Gasteiger partial charge on any atom is -0.308 e. The van der Waals surface area contributed by atoms with Gasteiger partial charge in [-0.2, -0.15) is 13.2 Å². The molecule has 0 aliphatic carbocycles. The van der Waals surface area contributed by atoms with Crippen molar-refractivity contribution in [3.05, 3.63) is 0 Å². The third-order valence-electron chi connectivity index (χ3n) is 2.26. The van der Waals surface area contributed by atoms with Crippen molar-refractivity contribution < 1.29 is 21.6 Å². The van der Waals surface area contributed by atoms with Crippen LogP contribution in [0.2, 0.25) is 0 Å². The van der Waals surface area contributed by atoms with Crippen LogP contribution in [-0.2, 0) is 9.84 Å². The molecule has 1 atom stereocenters. The SMILES string of the molecule is CCCS(=O)(=O)CCC(C)CNCC(F)(F)F. The smallest absolute Gasteiger partial charge is 0.308 e. The van der Waals surface area contributed by atoms with E-state index in [1.807, 2.05) is 0 Å². The van der Waals surface area contributed by atoms with Gasteiger partial charge in [0, 0.05) is 5.75 Å². The predicted molar refractivity (Wildman–Crippen MR) is 61.7 cm³/mol. The van der Waals surface area contributed by atoms with E-state index in [2.05, 4.69) is 5.32 Å².